The Morgan fingerprint density at radius 1 is 1.50 bits per heavy atom. The van der Waals surface area contributed by atoms with Crippen LogP contribution in [-0.4, -0.2) is 45.3 Å². The summed E-state index contributed by atoms with van der Waals surface area (Å²) in [6.45, 7) is 4.28. The number of aromatic nitrogens is 3. The number of nitrogens with one attached hydrogen (secondary N) is 1. The molecule has 0 spiro atoms. The van der Waals surface area contributed by atoms with E-state index in [1.54, 1.807) is 6.33 Å². The fraction of sp³-hybridized carbons (Fsp3) is 0.818. The second kappa shape index (κ2) is 4.93. The van der Waals surface area contributed by atoms with Gasteiger partial charge in [-0.25, -0.2) is 0 Å². The summed E-state index contributed by atoms with van der Waals surface area (Å²) in [5.41, 5.74) is 0. The average molecular weight is 223 g/mol. The van der Waals surface area contributed by atoms with Crippen LogP contribution in [0, 0.1) is 0 Å². The topological polar surface area (TPSA) is 46.0 Å². The van der Waals surface area contributed by atoms with Crippen molar-refractivity contribution < 1.29 is 0 Å². The quantitative estimate of drug-likeness (QED) is 0.805. The Balaban J connectivity index is 1.81. The zero-order valence-electron chi connectivity index (χ0n) is 10.3. The largest absolute Gasteiger partial charge is 0.320 e. The Morgan fingerprint density at radius 2 is 2.31 bits per heavy atom. The maximum atomic E-state index is 4.07. The lowest BCUT2D eigenvalue weighted by Gasteiger charge is -2.35. The van der Waals surface area contributed by atoms with E-state index in [2.05, 4.69) is 34.4 Å². The molecule has 0 bridgehead atoms. The van der Waals surface area contributed by atoms with Crippen LogP contribution in [-0.2, 0) is 13.6 Å². The van der Waals surface area contributed by atoms with Crippen molar-refractivity contribution >= 4 is 0 Å². The predicted octanol–water partition coefficient (Wildman–Crippen LogP) is 0.387. The molecule has 1 aliphatic heterocycles. The molecular weight excluding hydrogens is 202 g/mol. The van der Waals surface area contributed by atoms with E-state index in [0.717, 1.165) is 12.4 Å². The van der Waals surface area contributed by atoms with Gasteiger partial charge in [0.15, 0.2) is 0 Å². The van der Waals surface area contributed by atoms with Gasteiger partial charge in [-0.3, -0.25) is 0 Å². The Labute approximate surface area is 96.8 Å². The summed E-state index contributed by atoms with van der Waals surface area (Å²) in [7, 11) is 4.18. The first kappa shape index (κ1) is 11.5. The van der Waals surface area contributed by atoms with Gasteiger partial charge >= 0.3 is 0 Å². The van der Waals surface area contributed by atoms with Crippen molar-refractivity contribution in [3.8, 4) is 0 Å². The van der Waals surface area contributed by atoms with E-state index in [1.165, 1.54) is 19.4 Å². The minimum Gasteiger partial charge on any atom is -0.320 e. The Hall–Kier alpha value is -0.940. The molecular formula is C11H21N5. The molecule has 1 aliphatic rings. The van der Waals surface area contributed by atoms with Crippen molar-refractivity contribution in [1.29, 1.82) is 0 Å². The molecule has 5 heteroatoms. The maximum absolute atomic E-state index is 4.07. The van der Waals surface area contributed by atoms with Gasteiger partial charge in [-0.2, -0.15) is 0 Å². The van der Waals surface area contributed by atoms with Crippen LogP contribution in [0.15, 0.2) is 6.33 Å². The summed E-state index contributed by atoms with van der Waals surface area (Å²) >= 11 is 0. The Bertz CT molecular complexity index is 335. The summed E-state index contributed by atoms with van der Waals surface area (Å²) < 4.78 is 1.96. The monoisotopic (exact) mass is 223 g/mol. The third kappa shape index (κ3) is 2.59. The summed E-state index contributed by atoms with van der Waals surface area (Å²) in [4.78, 5) is 2.42. The van der Waals surface area contributed by atoms with Gasteiger partial charge in [0.1, 0.15) is 12.2 Å². The van der Waals surface area contributed by atoms with Crippen molar-refractivity contribution in [2.24, 2.45) is 7.05 Å². The van der Waals surface area contributed by atoms with E-state index in [9.17, 15) is 0 Å². The summed E-state index contributed by atoms with van der Waals surface area (Å²) in [6.07, 6.45) is 4.18. The normalized spacial score (nSPS) is 27.2. The van der Waals surface area contributed by atoms with E-state index >= 15 is 0 Å². The highest BCUT2D eigenvalue weighted by Crippen LogP contribution is 2.15. The molecule has 5 nitrogen and oxygen atoms in total. The van der Waals surface area contributed by atoms with Crippen LogP contribution < -0.4 is 5.32 Å². The molecule has 0 aromatic carbocycles. The molecule has 0 amide bonds. The first-order valence-electron chi connectivity index (χ1n) is 5.93. The lowest BCUT2D eigenvalue weighted by atomic mass is 9.99. The van der Waals surface area contributed by atoms with Crippen LogP contribution in [0.3, 0.4) is 0 Å². The molecule has 16 heavy (non-hydrogen) atoms. The number of likely N-dealkylation sites (tertiary alicyclic amines) is 1. The van der Waals surface area contributed by atoms with Gasteiger partial charge < -0.3 is 14.8 Å². The molecule has 2 unspecified atom stereocenters. The third-order valence-corrected chi connectivity index (χ3v) is 3.56. The van der Waals surface area contributed by atoms with Crippen LogP contribution in [0.4, 0.5) is 0 Å². The summed E-state index contributed by atoms with van der Waals surface area (Å²) in [5, 5.41) is 11.5. The van der Waals surface area contributed by atoms with Gasteiger partial charge in [-0.1, -0.05) is 0 Å². The fourth-order valence-corrected chi connectivity index (χ4v) is 2.18. The molecule has 0 saturated carbocycles. The highest BCUT2D eigenvalue weighted by Gasteiger charge is 2.22. The zero-order valence-corrected chi connectivity index (χ0v) is 10.3. The zero-order chi connectivity index (χ0) is 11.5. The standard InChI is InChI=1S/C11H21N5/c1-9-6-10(4-5-15(9)2)12-7-11-14-13-8-16(11)3/h8-10,12H,4-7H2,1-3H3. The van der Waals surface area contributed by atoms with Crippen molar-refractivity contribution in [2.75, 3.05) is 13.6 Å². The molecule has 90 valence electrons. The second-order valence-electron chi connectivity index (χ2n) is 4.79. The number of hydrogen-bond acceptors (Lipinski definition) is 4. The van der Waals surface area contributed by atoms with Gasteiger partial charge in [0.05, 0.1) is 6.54 Å². The van der Waals surface area contributed by atoms with Crippen molar-refractivity contribution in [3.05, 3.63) is 12.2 Å². The van der Waals surface area contributed by atoms with Crippen LogP contribution >= 0.6 is 0 Å². The third-order valence-electron chi connectivity index (χ3n) is 3.56. The number of nitrogens with zero attached hydrogens (tertiary/aromatic N) is 4. The molecule has 1 aromatic heterocycles. The van der Waals surface area contributed by atoms with E-state index < -0.39 is 0 Å². The first-order chi connectivity index (χ1) is 7.66. The van der Waals surface area contributed by atoms with Crippen LogP contribution in [0.25, 0.3) is 0 Å². The highest BCUT2D eigenvalue weighted by atomic mass is 15.3. The lowest BCUT2D eigenvalue weighted by molar-refractivity contribution is 0.167. The molecule has 1 aromatic rings. The van der Waals surface area contributed by atoms with Crippen LogP contribution in [0.5, 0.6) is 0 Å². The average Bonchev–Trinajstić information content (AvgIpc) is 2.66. The smallest absolute Gasteiger partial charge is 0.146 e. The van der Waals surface area contributed by atoms with E-state index in [4.69, 9.17) is 0 Å². The Morgan fingerprint density at radius 3 is 2.94 bits per heavy atom. The van der Waals surface area contributed by atoms with Gasteiger partial charge in [-0.15, -0.1) is 10.2 Å². The number of rotatable bonds is 3. The highest BCUT2D eigenvalue weighted by molar-refractivity contribution is 4.87. The molecule has 1 N–H and O–H groups in total. The van der Waals surface area contributed by atoms with Crippen molar-refractivity contribution in [1.82, 2.24) is 25.0 Å². The first-order valence-corrected chi connectivity index (χ1v) is 5.93. The van der Waals surface area contributed by atoms with Gasteiger partial charge in [0, 0.05) is 19.1 Å². The van der Waals surface area contributed by atoms with Gasteiger partial charge in [0.25, 0.3) is 0 Å². The second-order valence-corrected chi connectivity index (χ2v) is 4.79. The van der Waals surface area contributed by atoms with E-state index in [1.807, 2.05) is 11.6 Å². The molecule has 0 aliphatic carbocycles. The molecule has 1 fully saturated rings. The predicted molar refractivity (Wildman–Crippen MR) is 63.0 cm³/mol. The fourth-order valence-electron chi connectivity index (χ4n) is 2.18. The molecule has 0 radical (unpaired) electrons. The summed E-state index contributed by atoms with van der Waals surface area (Å²) in [5.74, 6) is 1.01. The maximum Gasteiger partial charge on any atom is 0.146 e. The van der Waals surface area contributed by atoms with Crippen molar-refractivity contribution in [2.45, 2.75) is 38.4 Å². The number of aryl methyl sites for hydroxylation is 1. The number of piperidine rings is 1. The van der Waals surface area contributed by atoms with Crippen LogP contribution in [0.1, 0.15) is 25.6 Å². The SMILES string of the molecule is CC1CC(NCc2nncn2C)CCN1C. The van der Waals surface area contributed by atoms with Crippen molar-refractivity contribution in [3.63, 3.8) is 0 Å². The Kier molecular flexibility index (Phi) is 3.56. The van der Waals surface area contributed by atoms with Gasteiger partial charge in [-0.05, 0) is 33.4 Å². The molecule has 2 heterocycles. The molecule has 2 rings (SSSR count). The van der Waals surface area contributed by atoms with E-state index in [0.29, 0.717) is 12.1 Å². The minimum atomic E-state index is 0.614. The van der Waals surface area contributed by atoms with Gasteiger partial charge in [0.2, 0.25) is 0 Å². The summed E-state index contributed by atoms with van der Waals surface area (Å²) in [6, 6.07) is 1.29. The number of hydrogen-bond donors (Lipinski definition) is 1. The minimum absolute atomic E-state index is 0.614. The lowest BCUT2D eigenvalue weighted by Crippen LogP contribution is -2.45. The molecule has 1 saturated heterocycles. The van der Waals surface area contributed by atoms with E-state index in [-0.39, 0.29) is 0 Å². The molecule has 2 atom stereocenters. The van der Waals surface area contributed by atoms with Crippen LogP contribution in [0.2, 0.25) is 0 Å².